The Kier molecular flexibility index (Phi) is 5.11. The number of primary amides is 1. The second-order valence-electron chi connectivity index (χ2n) is 7.00. The highest BCUT2D eigenvalue weighted by molar-refractivity contribution is 5.97. The number of fused-ring (bicyclic) bond motifs is 1. The lowest BCUT2D eigenvalue weighted by Gasteiger charge is -2.36. The van der Waals surface area contributed by atoms with Gasteiger partial charge in [0.25, 0.3) is 5.91 Å². The van der Waals surface area contributed by atoms with Crippen LogP contribution in [0.25, 0.3) is 0 Å². The first-order valence-electron chi connectivity index (χ1n) is 9.47. The summed E-state index contributed by atoms with van der Waals surface area (Å²) in [7, 11) is 0. The Labute approximate surface area is 168 Å². The van der Waals surface area contributed by atoms with Crippen molar-refractivity contribution in [3.63, 3.8) is 0 Å². The molecule has 9 nitrogen and oxygen atoms in total. The molecule has 3 amide bonds. The van der Waals surface area contributed by atoms with Crippen molar-refractivity contribution in [2.45, 2.75) is 13.0 Å². The van der Waals surface area contributed by atoms with Gasteiger partial charge in [0.15, 0.2) is 11.5 Å². The molecule has 2 aromatic rings. The second-order valence-corrected chi connectivity index (χ2v) is 7.00. The average Bonchev–Trinajstić information content (AvgIpc) is 3.21. The molecule has 1 fully saturated rings. The Balaban J connectivity index is 1.35. The molecule has 29 heavy (non-hydrogen) atoms. The maximum Gasteiger partial charge on any atom is 0.317 e. The molecule has 0 spiro atoms. The van der Waals surface area contributed by atoms with E-state index in [1.54, 1.807) is 23.2 Å². The summed E-state index contributed by atoms with van der Waals surface area (Å²) >= 11 is 0. The molecule has 0 aliphatic carbocycles. The van der Waals surface area contributed by atoms with Crippen molar-refractivity contribution in [1.29, 1.82) is 0 Å². The van der Waals surface area contributed by atoms with Crippen LogP contribution in [0.3, 0.4) is 0 Å². The number of nitrogens with one attached hydrogen (secondary N) is 1. The predicted molar refractivity (Wildman–Crippen MR) is 106 cm³/mol. The molecule has 1 unspecified atom stereocenters. The lowest BCUT2D eigenvalue weighted by molar-refractivity contribution is 0.1000. The van der Waals surface area contributed by atoms with E-state index in [1.807, 2.05) is 30.0 Å². The van der Waals surface area contributed by atoms with Crippen LogP contribution in [0.2, 0.25) is 0 Å². The Morgan fingerprint density at radius 1 is 1.14 bits per heavy atom. The third-order valence-corrected chi connectivity index (χ3v) is 5.16. The minimum absolute atomic E-state index is 0.133. The summed E-state index contributed by atoms with van der Waals surface area (Å²) in [4.78, 5) is 32.3. The van der Waals surface area contributed by atoms with E-state index in [9.17, 15) is 9.59 Å². The Morgan fingerprint density at radius 3 is 2.66 bits per heavy atom. The van der Waals surface area contributed by atoms with Gasteiger partial charge in [-0.25, -0.2) is 9.78 Å². The van der Waals surface area contributed by atoms with E-state index in [-0.39, 0.29) is 18.9 Å². The number of piperazine rings is 1. The van der Waals surface area contributed by atoms with Crippen LogP contribution in [0.5, 0.6) is 11.5 Å². The van der Waals surface area contributed by atoms with Crippen molar-refractivity contribution in [3.8, 4) is 11.5 Å². The molecule has 0 bridgehead atoms. The van der Waals surface area contributed by atoms with Crippen LogP contribution >= 0.6 is 0 Å². The Bertz CT molecular complexity index is 927. The van der Waals surface area contributed by atoms with Gasteiger partial charge in [0.2, 0.25) is 6.79 Å². The number of aromatic nitrogens is 1. The number of urea groups is 1. The van der Waals surface area contributed by atoms with Crippen LogP contribution in [-0.4, -0.2) is 54.8 Å². The Hall–Kier alpha value is -3.49. The number of nitrogens with two attached hydrogens (primary N) is 1. The van der Waals surface area contributed by atoms with E-state index in [2.05, 4.69) is 10.3 Å². The Morgan fingerprint density at radius 2 is 1.90 bits per heavy atom. The third kappa shape index (κ3) is 3.89. The van der Waals surface area contributed by atoms with Gasteiger partial charge >= 0.3 is 6.03 Å². The van der Waals surface area contributed by atoms with Crippen LogP contribution in [-0.2, 0) is 0 Å². The van der Waals surface area contributed by atoms with Crippen LogP contribution in [0.1, 0.15) is 28.9 Å². The van der Waals surface area contributed by atoms with Crippen molar-refractivity contribution in [2.24, 2.45) is 5.73 Å². The number of rotatable bonds is 4. The molecule has 1 aromatic carbocycles. The zero-order valence-electron chi connectivity index (χ0n) is 16.1. The molecule has 9 heteroatoms. The number of benzene rings is 1. The summed E-state index contributed by atoms with van der Waals surface area (Å²) in [6.45, 7) is 4.34. The lowest BCUT2D eigenvalue weighted by atomic mass is 10.1. The predicted octanol–water partition coefficient (Wildman–Crippen LogP) is 1.50. The van der Waals surface area contributed by atoms with Gasteiger partial charge in [-0.05, 0) is 36.8 Å². The quantitative estimate of drug-likeness (QED) is 0.809. The van der Waals surface area contributed by atoms with Crippen molar-refractivity contribution in [3.05, 3.63) is 47.7 Å². The summed E-state index contributed by atoms with van der Waals surface area (Å²) in [6, 6.07) is 8.70. The fourth-order valence-corrected chi connectivity index (χ4v) is 3.50. The summed E-state index contributed by atoms with van der Waals surface area (Å²) in [5.41, 5.74) is 6.78. The highest BCUT2D eigenvalue weighted by Gasteiger charge is 2.25. The molecule has 3 heterocycles. The van der Waals surface area contributed by atoms with Gasteiger partial charge in [0.05, 0.1) is 11.6 Å². The number of amides is 3. The number of hydrogen-bond acceptors (Lipinski definition) is 6. The highest BCUT2D eigenvalue weighted by atomic mass is 16.7. The van der Waals surface area contributed by atoms with Gasteiger partial charge in [0, 0.05) is 32.4 Å². The van der Waals surface area contributed by atoms with E-state index in [1.165, 1.54) is 0 Å². The molecule has 152 valence electrons. The van der Waals surface area contributed by atoms with Crippen molar-refractivity contribution >= 4 is 17.8 Å². The number of carbonyl (C=O) groups excluding carboxylic acids is 2. The summed E-state index contributed by atoms with van der Waals surface area (Å²) in [5.74, 6) is 1.46. The van der Waals surface area contributed by atoms with E-state index in [0.717, 1.165) is 5.56 Å². The molecule has 0 radical (unpaired) electrons. The van der Waals surface area contributed by atoms with Gasteiger partial charge in [-0.2, -0.15) is 0 Å². The van der Waals surface area contributed by atoms with Gasteiger partial charge in [-0.1, -0.05) is 6.07 Å². The van der Waals surface area contributed by atoms with E-state index in [4.69, 9.17) is 15.2 Å². The van der Waals surface area contributed by atoms with Crippen LogP contribution in [0.4, 0.5) is 10.6 Å². The van der Waals surface area contributed by atoms with Gasteiger partial charge in [-0.15, -0.1) is 0 Å². The lowest BCUT2D eigenvalue weighted by Crippen LogP contribution is -2.52. The smallest absolute Gasteiger partial charge is 0.317 e. The molecule has 2 aliphatic heterocycles. The van der Waals surface area contributed by atoms with Crippen molar-refractivity contribution in [2.75, 3.05) is 37.9 Å². The maximum absolute atomic E-state index is 12.7. The largest absolute Gasteiger partial charge is 0.454 e. The molecule has 3 N–H and O–H groups in total. The average molecular weight is 397 g/mol. The first-order chi connectivity index (χ1) is 14.0. The van der Waals surface area contributed by atoms with Gasteiger partial charge < -0.3 is 30.3 Å². The van der Waals surface area contributed by atoms with Crippen molar-refractivity contribution in [1.82, 2.24) is 15.2 Å². The number of pyridine rings is 1. The first kappa shape index (κ1) is 18.9. The maximum atomic E-state index is 12.7. The molecule has 0 saturated carbocycles. The normalized spacial score (nSPS) is 16.4. The monoisotopic (exact) mass is 397 g/mol. The summed E-state index contributed by atoms with van der Waals surface area (Å²) in [5, 5.41) is 3.02. The molecular weight excluding hydrogens is 374 g/mol. The fourth-order valence-electron chi connectivity index (χ4n) is 3.50. The number of carbonyl (C=O) groups is 2. The van der Waals surface area contributed by atoms with Crippen molar-refractivity contribution < 1.29 is 19.1 Å². The summed E-state index contributed by atoms with van der Waals surface area (Å²) in [6.07, 6.45) is 1.63. The van der Waals surface area contributed by atoms with Gasteiger partial charge in [0.1, 0.15) is 5.82 Å². The second kappa shape index (κ2) is 7.86. The molecular formula is C20H23N5O4. The first-order valence-corrected chi connectivity index (χ1v) is 9.47. The zero-order chi connectivity index (χ0) is 20.4. The minimum Gasteiger partial charge on any atom is -0.454 e. The third-order valence-electron chi connectivity index (χ3n) is 5.16. The standard InChI is InChI=1S/C20H23N5O4/c1-13(14-4-5-16-17(11-14)29-12-28-16)23-20(27)25-9-7-24(8-10-25)19-15(18(21)26)3-2-6-22-19/h2-6,11,13H,7-10,12H2,1H3,(H2,21,26)(H,23,27). The van der Waals surface area contributed by atoms with Crippen LogP contribution in [0, 0.1) is 0 Å². The number of anilines is 1. The topological polar surface area (TPSA) is 110 Å². The van der Waals surface area contributed by atoms with E-state index in [0.29, 0.717) is 49.1 Å². The van der Waals surface area contributed by atoms with Gasteiger partial charge in [-0.3, -0.25) is 4.79 Å². The SMILES string of the molecule is CC(NC(=O)N1CCN(c2ncccc2C(N)=O)CC1)c1ccc2c(c1)OCO2. The van der Waals surface area contributed by atoms with Crippen LogP contribution < -0.4 is 25.4 Å². The number of hydrogen-bond donors (Lipinski definition) is 2. The zero-order valence-corrected chi connectivity index (χ0v) is 16.1. The minimum atomic E-state index is -0.508. The molecule has 2 aliphatic rings. The van der Waals surface area contributed by atoms with Crippen LogP contribution in [0.15, 0.2) is 36.5 Å². The molecule has 1 saturated heterocycles. The van der Waals surface area contributed by atoms with E-state index >= 15 is 0 Å². The molecule has 1 atom stereocenters. The number of nitrogens with zero attached hydrogens (tertiary/aromatic N) is 3. The summed E-state index contributed by atoms with van der Waals surface area (Å²) < 4.78 is 10.7. The highest BCUT2D eigenvalue weighted by Crippen LogP contribution is 2.34. The fraction of sp³-hybridized carbons (Fsp3) is 0.350. The van der Waals surface area contributed by atoms with E-state index < -0.39 is 5.91 Å². The number of ether oxygens (including phenoxy) is 2. The molecule has 4 rings (SSSR count). The molecule has 1 aromatic heterocycles.